The molecule has 0 spiro atoms. The number of thioether (sulfide) groups is 3. The number of halogens is 1. The maximum absolute atomic E-state index is 11.9. The smallest absolute Gasteiger partial charge is 0.296 e. The van der Waals surface area contributed by atoms with Gasteiger partial charge in [-0.05, 0) is 266 Å². The van der Waals surface area contributed by atoms with Crippen molar-refractivity contribution in [2.24, 2.45) is 0 Å². The topological polar surface area (TPSA) is 268 Å². The second-order valence-corrected chi connectivity index (χ2v) is 32.7. The highest BCUT2D eigenvalue weighted by molar-refractivity contribution is 9.09. The molecule has 0 radical (unpaired) electrons. The summed E-state index contributed by atoms with van der Waals surface area (Å²) in [6.07, 6.45) is 28.6. The molecule has 1 aromatic rings. The van der Waals surface area contributed by atoms with Crippen LogP contribution in [0.5, 0.6) is 0 Å². The van der Waals surface area contributed by atoms with Gasteiger partial charge in [-0.25, -0.2) is 15.0 Å². The Hall–Kier alpha value is -2.15. The third-order valence-electron chi connectivity index (χ3n) is 13.9. The molecule has 3 aliphatic heterocycles. The van der Waals surface area contributed by atoms with E-state index in [1.165, 1.54) is 95.6 Å². The first-order valence-electron chi connectivity index (χ1n) is 33.7. The van der Waals surface area contributed by atoms with Crippen molar-refractivity contribution in [3.63, 3.8) is 0 Å². The van der Waals surface area contributed by atoms with E-state index in [4.69, 9.17) is 47.3 Å². The van der Waals surface area contributed by atoms with Gasteiger partial charge in [0, 0.05) is 79.4 Å². The summed E-state index contributed by atoms with van der Waals surface area (Å²) in [6, 6.07) is 17.3. The van der Waals surface area contributed by atoms with Crippen LogP contribution in [0.4, 0.5) is 0 Å². The van der Waals surface area contributed by atoms with Gasteiger partial charge < -0.3 is 29.8 Å². The molecule has 17 nitrogen and oxygen atoms in total. The Bertz CT molecular complexity index is 2310. The van der Waals surface area contributed by atoms with Crippen LogP contribution in [0, 0.1) is 70.2 Å². The Morgan fingerprint density at radius 3 is 1.36 bits per heavy atom. The minimum atomic E-state index is -3.63. The van der Waals surface area contributed by atoms with Crippen molar-refractivity contribution in [1.82, 2.24) is 14.7 Å². The molecule has 0 amide bonds. The van der Waals surface area contributed by atoms with Crippen molar-refractivity contribution in [2.45, 2.75) is 198 Å². The fourth-order valence-corrected chi connectivity index (χ4v) is 15.6. The van der Waals surface area contributed by atoms with Crippen molar-refractivity contribution >= 4 is 94.6 Å². The Balaban J connectivity index is -0.00000104. The van der Waals surface area contributed by atoms with E-state index in [1.54, 1.807) is 36.0 Å². The summed E-state index contributed by atoms with van der Waals surface area (Å²) in [7, 11) is -7.17. The van der Waals surface area contributed by atoms with E-state index < -0.39 is 30.8 Å². The second-order valence-electron chi connectivity index (χ2n) is 22.2. The van der Waals surface area contributed by atoms with Crippen LogP contribution in [0.15, 0.2) is 29.2 Å². The number of hydrogen-bond donors (Lipinski definition) is 3. The Morgan fingerprint density at radius 1 is 0.543 bits per heavy atom. The van der Waals surface area contributed by atoms with Gasteiger partial charge >= 0.3 is 0 Å². The average Bonchev–Trinajstić information content (AvgIpc) is 1.45. The van der Waals surface area contributed by atoms with Gasteiger partial charge in [0.2, 0.25) is 6.54 Å². The number of alkyl halides is 1. The van der Waals surface area contributed by atoms with E-state index in [2.05, 4.69) is 90.2 Å². The number of aliphatic hydroxyl groups excluding tert-OH is 2. The zero-order valence-electron chi connectivity index (χ0n) is 56.1. The molecule has 3 saturated heterocycles. The van der Waals surface area contributed by atoms with Crippen molar-refractivity contribution in [3.8, 4) is 30.3 Å². The molecule has 1 unspecified atom stereocenters. The quantitative estimate of drug-likeness (QED) is 0.0180. The number of hydrogen-bond acceptors (Lipinski definition) is 20. The highest BCUT2D eigenvalue weighted by atomic mass is 79.9. The summed E-state index contributed by atoms with van der Waals surface area (Å²) in [5, 5.41) is 58.9. The molecule has 1 aromatic carbocycles. The molecule has 1 atom stereocenters. The fourth-order valence-electron chi connectivity index (χ4n) is 8.72. The van der Waals surface area contributed by atoms with Crippen molar-refractivity contribution in [3.05, 3.63) is 41.2 Å². The number of rotatable bonds is 46. The van der Waals surface area contributed by atoms with Crippen LogP contribution in [0.1, 0.15) is 192 Å². The minimum absolute atomic E-state index is 0.206. The number of aryl methyl sites for hydroxylation is 1. The third kappa shape index (κ3) is 70.6. The van der Waals surface area contributed by atoms with Gasteiger partial charge in [-0.1, -0.05) is 33.6 Å². The molecule has 3 fully saturated rings. The van der Waals surface area contributed by atoms with Crippen molar-refractivity contribution < 1.29 is 35.4 Å². The average molecular weight is 1480 g/mol. The molecule has 0 saturated carbocycles. The fraction of sp³-hybridized carbons (Fsp3) is 0.821. The molecule has 0 bridgehead atoms. The third-order valence-corrected chi connectivity index (χ3v) is 22.9. The standard InChI is InChI=1S/C15H21NO3S2.C12H22N2O2S.C12H22N2OS.C12H22N2S.C8H15NOS.C5H8BrN.C3H8OS/c1-14-6-8-15(9-7-14)21(17,18)19-11-5-13-20-12-4-2-3-10-16;1-13-7-2-5-11-17(15,16)12-6-10-14-8-3-4-9-14;13-7-2-1-5-11-16(15)12-6-10-14-8-3-4-9-14;13-7-2-1-5-11-15-12-6-10-14-8-3-4-9-14;9-5-2-1-3-7-11-8-4-6-10;6-4-2-1-3-5-7;4-2-1-3-5/h6-9H,2-5,11-13H2,1H3;2-12H2;1-6,8-12H2;1-6,8-12H2;10H,1-4,6-8H2;1-4H2;4-5H,1-3H2. The number of nitriles is 5. The minimum Gasteiger partial charge on any atom is -0.396 e. The maximum atomic E-state index is 11.9. The Kier molecular flexibility index (Phi) is 76.3. The van der Waals surface area contributed by atoms with Crippen molar-refractivity contribution in [1.29, 1.82) is 26.3 Å². The SMILES string of the molecule is Cc1ccc(S(=O)(=O)OCCCSCCCCC#N)cc1.N#CCCCCBr.N#CCCCCS(=O)CCCN1CCCC1.N#CCCCCSCCCN1CCCC1.N#CCCCCSCCCO.OCCCS.[C-]#[N+]CCCCS(=O)(=O)CCCN1CCCC1. The zero-order valence-corrected chi connectivity index (χ0v) is 63.5. The number of sulfone groups is 1. The lowest BCUT2D eigenvalue weighted by atomic mass is 10.2. The van der Waals surface area contributed by atoms with Gasteiger partial charge in [0.1, 0.15) is 9.84 Å². The predicted molar refractivity (Wildman–Crippen MR) is 397 cm³/mol. The Labute approximate surface area is 589 Å². The van der Waals surface area contributed by atoms with Crippen LogP contribution in [-0.4, -0.2) is 200 Å². The lowest BCUT2D eigenvalue weighted by Gasteiger charge is -2.13. The monoisotopic (exact) mass is 1480 g/mol. The number of thiol groups is 1. The number of unbranched alkanes of at least 4 members (excludes halogenated alkanes) is 11. The summed E-state index contributed by atoms with van der Waals surface area (Å²) >= 11 is 12.8. The number of benzene rings is 1. The molecule has 25 heteroatoms. The maximum Gasteiger partial charge on any atom is 0.296 e. The van der Waals surface area contributed by atoms with Crippen LogP contribution in [-0.2, 0) is 34.9 Å². The molecule has 0 aliphatic carbocycles. The van der Waals surface area contributed by atoms with Gasteiger partial charge in [0.15, 0.2) is 0 Å². The summed E-state index contributed by atoms with van der Waals surface area (Å²) in [5.74, 6) is 9.54. The Morgan fingerprint density at radius 2 is 0.935 bits per heavy atom. The molecule has 528 valence electrons. The van der Waals surface area contributed by atoms with E-state index in [1.807, 2.05) is 18.7 Å². The molecule has 2 N–H and O–H groups in total. The van der Waals surface area contributed by atoms with Gasteiger partial charge in [0.25, 0.3) is 10.1 Å². The van der Waals surface area contributed by atoms with E-state index in [0.29, 0.717) is 63.9 Å². The highest BCUT2D eigenvalue weighted by Crippen LogP contribution is 2.16. The van der Waals surface area contributed by atoms with E-state index >= 15 is 0 Å². The van der Waals surface area contributed by atoms with Crippen molar-refractivity contribution in [2.75, 3.05) is 154 Å². The second kappa shape index (κ2) is 74.6. The molecule has 3 aliphatic rings. The van der Waals surface area contributed by atoms with Gasteiger partial charge in [0.05, 0.1) is 53.4 Å². The molecular weight excluding hydrogens is 1360 g/mol. The first-order valence-corrected chi connectivity index (χ1v) is 43.6. The highest BCUT2D eigenvalue weighted by Gasteiger charge is 2.17. The van der Waals surface area contributed by atoms with E-state index in [0.717, 1.165) is 167 Å². The predicted octanol–water partition coefficient (Wildman–Crippen LogP) is 14.1. The normalized spacial score (nSPS) is 13.9. The first-order chi connectivity index (χ1) is 44.7. The lowest BCUT2D eigenvalue weighted by Crippen LogP contribution is -2.23. The zero-order chi connectivity index (χ0) is 68.5. The van der Waals surface area contributed by atoms with E-state index in [9.17, 15) is 21.0 Å². The summed E-state index contributed by atoms with van der Waals surface area (Å²) in [5.41, 5.74) is 1.02. The summed E-state index contributed by atoms with van der Waals surface area (Å²) in [4.78, 5) is 10.8. The summed E-state index contributed by atoms with van der Waals surface area (Å²) in [6.45, 7) is 20.4. The van der Waals surface area contributed by atoms with Crippen LogP contribution < -0.4 is 0 Å². The largest absolute Gasteiger partial charge is 0.396 e. The van der Waals surface area contributed by atoms with Crippen LogP contribution in [0.2, 0.25) is 0 Å². The van der Waals surface area contributed by atoms with Gasteiger partial charge in [-0.2, -0.15) is 82.6 Å². The van der Waals surface area contributed by atoms with Crippen LogP contribution in [0.3, 0.4) is 0 Å². The number of nitrogens with zero attached hydrogens (tertiary/aromatic N) is 9. The molecular formula is C67H118BrN9O8S7. The molecule has 3 heterocycles. The van der Waals surface area contributed by atoms with E-state index in [-0.39, 0.29) is 23.9 Å². The summed E-state index contributed by atoms with van der Waals surface area (Å²) < 4.78 is 63.7. The van der Waals surface area contributed by atoms with Crippen LogP contribution in [0.25, 0.3) is 4.85 Å². The number of aliphatic hydroxyl groups is 2. The first kappa shape index (κ1) is 94.0. The van der Waals surface area contributed by atoms with Gasteiger partial charge in [-0.15, -0.1) is 0 Å². The molecule has 0 aromatic heterocycles. The molecule has 4 rings (SSSR count). The van der Waals surface area contributed by atoms with Crippen LogP contribution >= 0.6 is 63.8 Å². The lowest BCUT2D eigenvalue weighted by molar-refractivity contribution is 0.296. The molecule has 92 heavy (non-hydrogen) atoms. The number of likely N-dealkylation sites (tertiary alicyclic amines) is 3. The van der Waals surface area contributed by atoms with Gasteiger partial charge in [-0.3, -0.25) is 8.39 Å².